The van der Waals surface area contributed by atoms with Gasteiger partial charge in [0.25, 0.3) is 5.56 Å². The van der Waals surface area contributed by atoms with Crippen LogP contribution in [0.4, 0.5) is 0 Å². The number of thioether (sulfide) groups is 1. The predicted molar refractivity (Wildman–Crippen MR) is 125 cm³/mol. The summed E-state index contributed by atoms with van der Waals surface area (Å²) in [6, 6.07) is 9.12. The first-order chi connectivity index (χ1) is 16.5. The second kappa shape index (κ2) is 9.26. The van der Waals surface area contributed by atoms with Crippen LogP contribution in [-0.2, 0) is 24.4 Å². The molecule has 0 saturated carbocycles. The lowest BCUT2D eigenvalue weighted by Gasteiger charge is -2.13. The molecule has 0 fully saturated rings. The zero-order chi connectivity index (χ0) is 23.7. The van der Waals surface area contributed by atoms with E-state index in [1.165, 1.54) is 11.8 Å². The van der Waals surface area contributed by atoms with Gasteiger partial charge in [0.05, 0.1) is 30.8 Å². The molecule has 1 amide bonds. The van der Waals surface area contributed by atoms with Crippen molar-refractivity contribution in [1.82, 2.24) is 24.6 Å². The first-order valence-corrected chi connectivity index (χ1v) is 11.8. The third kappa shape index (κ3) is 4.26. The minimum Gasteiger partial charge on any atom is -0.467 e. The molecular formula is C23H23N5O5S. The highest BCUT2D eigenvalue weighted by Gasteiger charge is 2.20. The van der Waals surface area contributed by atoms with Gasteiger partial charge in [0, 0.05) is 6.54 Å². The Morgan fingerprint density at radius 2 is 2.09 bits per heavy atom. The lowest BCUT2D eigenvalue weighted by Crippen LogP contribution is -2.27. The first kappa shape index (κ1) is 22.1. The molecule has 10 nitrogen and oxygen atoms in total. The first-order valence-electron chi connectivity index (χ1n) is 10.8. The summed E-state index contributed by atoms with van der Waals surface area (Å²) in [7, 11) is 0. The summed E-state index contributed by atoms with van der Waals surface area (Å²) in [4.78, 5) is 30.8. The van der Waals surface area contributed by atoms with E-state index in [4.69, 9.17) is 18.9 Å². The van der Waals surface area contributed by atoms with Crippen LogP contribution < -0.4 is 20.3 Å². The molecule has 0 atom stereocenters. The molecule has 0 aliphatic carbocycles. The van der Waals surface area contributed by atoms with E-state index in [9.17, 15) is 9.59 Å². The Hall–Kier alpha value is -3.73. The van der Waals surface area contributed by atoms with Crippen LogP contribution in [0.5, 0.6) is 11.5 Å². The fourth-order valence-corrected chi connectivity index (χ4v) is 4.59. The summed E-state index contributed by atoms with van der Waals surface area (Å²) in [5.41, 5.74) is 2.33. The number of furan rings is 1. The number of nitrogens with one attached hydrogen (secondary N) is 1. The Morgan fingerprint density at radius 1 is 1.24 bits per heavy atom. The number of aryl methyl sites for hydroxylation is 2. The zero-order valence-electron chi connectivity index (χ0n) is 18.7. The lowest BCUT2D eigenvalue weighted by molar-refractivity contribution is -0.118. The Kier molecular flexibility index (Phi) is 6.01. The summed E-state index contributed by atoms with van der Waals surface area (Å²) < 4.78 is 19.4. The second-order valence-electron chi connectivity index (χ2n) is 7.72. The van der Waals surface area contributed by atoms with Crippen molar-refractivity contribution in [3.63, 3.8) is 0 Å². The van der Waals surface area contributed by atoms with E-state index in [0.717, 1.165) is 5.56 Å². The number of hydrogen-bond acceptors (Lipinski definition) is 8. The van der Waals surface area contributed by atoms with Crippen LogP contribution in [0.15, 0.2) is 51.0 Å². The van der Waals surface area contributed by atoms with Crippen molar-refractivity contribution in [2.24, 2.45) is 0 Å². The Labute approximate surface area is 198 Å². The molecule has 1 aliphatic rings. The molecule has 1 N–H and O–H groups in total. The Bertz CT molecular complexity index is 1410. The van der Waals surface area contributed by atoms with E-state index in [1.54, 1.807) is 27.6 Å². The summed E-state index contributed by atoms with van der Waals surface area (Å²) in [6.07, 6.45) is 1.56. The third-order valence-corrected chi connectivity index (χ3v) is 6.41. The highest BCUT2D eigenvalue weighted by Crippen LogP contribution is 2.33. The van der Waals surface area contributed by atoms with E-state index >= 15 is 0 Å². The van der Waals surface area contributed by atoms with Crippen molar-refractivity contribution < 1.29 is 18.7 Å². The maximum atomic E-state index is 13.6. The fourth-order valence-electron chi connectivity index (χ4n) is 3.77. The van der Waals surface area contributed by atoms with Gasteiger partial charge in [-0.15, -0.1) is 0 Å². The summed E-state index contributed by atoms with van der Waals surface area (Å²) in [5.74, 6) is 1.89. The molecule has 1 aliphatic heterocycles. The van der Waals surface area contributed by atoms with Crippen LogP contribution in [0.1, 0.15) is 23.9 Å². The molecule has 1 aromatic carbocycles. The van der Waals surface area contributed by atoms with Crippen LogP contribution in [-0.4, -0.2) is 37.8 Å². The molecule has 11 heteroatoms. The average molecular weight is 482 g/mol. The molecule has 0 bridgehead atoms. The molecule has 3 aromatic heterocycles. The normalized spacial score (nSPS) is 12.4. The molecule has 0 spiro atoms. The highest BCUT2D eigenvalue weighted by molar-refractivity contribution is 7.99. The predicted octanol–water partition coefficient (Wildman–Crippen LogP) is 2.70. The average Bonchev–Trinajstić information content (AvgIpc) is 3.58. The van der Waals surface area contributed by atoms with Gasteiger partial charge in [0.2, 0.25) is 12.7 Å². The van der Waals surface area contributed by atoms with Crippen LogP contribution in [0.2, 0.25) is 0 Å². The summed E-state index contributed by atoms with van der Waals surface area (Å²) >= 11 is 1.21. The van der Waals surface area contributed by atoms with E-state index < -0.39 is 0 Å². The number of carbonyl (C=O) groups is 1. The minimum atomic E-state index is -0.205. The van der Waals surface area contributed by atoms with Crippen molar-refractivity contribution in [2.45, 2.75) is 38.6 Å². The molecule has 0 unspecified atom stereocenters. The molecule has 0 radical (unpaired) electrons. The van der Waals surface area contributed by atoms with Crippen LogP contribution in [0, 0.1) is 6.92 Å². The second-order valence-corrected chi connectivity index (χ2v) is 8.66. The van der Waals surface area contributed by atoms with Gasteiger partial charge in [-0.3, -0.25) is 18.8 Å². The largest absolute Gasteiger partial charge is 0.467 e. The number of amides is 1. The number of nitrogens with zero attached hydrogens (tertiary/aromatic N) is 4. The number of carbonyl (C=O) groups excluding carboxylic acids is 1. The quantitative estimate of drug-likeness (QED) is 0.302. The third-order valence-electron chi connectivity index (χ3n) is 5.43. The molecule has 176 valence electrons. The van der Waals surface area contributed by atoms with Crippen molar-refractivity contribution in [2.75, 3.05) is 12.5 Å². The molecule has 4 aromatic rings. The fraction of sp³-hybridized carbons (Fsp3) is 0.304. The van der Waals surface area contributed by atoms with Gasteiger partial charge in [-0.05, 0) is 43.7 Å². The maximum absolute atomic E-state index is 13.6. The van der Waals surface area contributed by atoms with Gasteiger partial charge >= 0.3 is 0 Å². The van der Waals surface area contributed by atoms with Gasteiger partial charge < -0.3 is 19.2 Å². The summed E-state index contributed by atoms with van der Waals surface area (Å²) in [5, 5.41) is 7.72. The molecule has 5 rings (SSSR count). The molecule has 0 saturated heterocycles. The Morgan fingerprint density at radius 3 is 2.88 bits per heavy atom. The van der Waals surface area contributed by atoms with Crippen molar-refractivity contribution in [3.8, 4) is 11.5 Å². The topological polar surface area (TPSA) is 113 Å². The van der Waals surface area contributed by atoms with Gasteiger partial charge in [0.1, 0.15) is 11.3 Å². The van der Waals surface area contributed by atoms with Gasteiger partial charge in [-0.25, -0.2) is 4.98 Å². The highest BCUT2D eigenvalue weighted by atomic mass is 32.2. The van der Waals surface area contributed by atoms with Crippen LogP contribution in [0.3, 0.4) is 0 Å². The lowest BCUT2D eigenvalue weighted by atomic mass is 10.2. The monoisotopic (exact) mass is 481 g/mol. The maximum Gasteiger partial charge on any atom is 0.280 e. The zero-order valence-corrected chi connectivity index (χ0v) is 19.6. The number of hydrogen-bond donors (Lipinski definition) is 1. The van der Waals surface area contributed by atoms with Crippen LogP contribution >= 0.6 is 11.8 Å². The molecule has 34 heavy (non-hydrogen) atoms. The summed E-state index contributed by atoms with van der Waals surface area (Å²) in [6.45, 7) is 5.05. The van der Waals surface area contributed by atoms with Crippen LogP contribution in [0.25, 0.3) is 11.0 Å². The van der Waals surface area contributed by atoms with E-state index in [-0.39, 0.29) is 30.6 Å². The van der Waals surface area contributed by atoms with E-state index in [0.29, 0.717) is 52.2 Å². The Balaban J connectivity index is 1.45. The minimum absolute atomic E-state index is 0.0980. The molecule has 4 heterocycles. The van der Waals surface area contributed by atoms with Crippen molar-refractivity contribution in [1.29, 1.82) is 0 Å². The van der Waals surface area contributed by atoms with Gasteiger partial charge in [0.15, 0.2) is 22.2 Å². The number of fused-ring (bicyclic) bond motifs is 2. The van der Waals surface area contributed by atoms with E-state index in [1.807, 2.05) is 32.0 Å². The standard InChI is InChI=1S/C23H23N5O5S/c1-3-28-21-20(14(2)26-28)25-23(34-12-19(29)24-10-16-5-4-8-31-16)27(22(21)30)11-15-6-7-17-18(9-15)33-13-32-17/h4-9H,3,10-13H2,1-2H3,(H,24,29). The smallest absolute Gasteiger partial charge is 0.280 e. The van der Waals surface area contributed by atoms with Gasteiger partial charge in [-0.1, -0.05) is 17.8 Å². The molecular weight excluding hydrogens is 458 g/mol. The number of rotatable bonds is 8. The number of benzene rings is 1. The van der Waals surface area contributed by atoms with Crippen molar-refractivity contribution in [3.05, 3.63) is 64.0 Å². The van der Waals surface area contributed by atoms with Gasteiger partial charge in [-0.2, -0.15) is 5.10 Å². The van der Waals surface area contributed by atoms with E-state index in [2.05, 4.69) is 10.4 Å². The number of ether oxygens (including phenoxy) is 2. The SMILES string of the molecule is CCn1nc(C)c2nc(SCC(=O)NCc3ccco3)n(Cc3ccc4c(c3)OCO4)c(=O)c21. The number of aromatic nitrogens is 4. The van der Waals surface area contributed by atoms with Crippen molar-refractivity contribution >= 4 is 28.7 Å².